The van der Waals surface area contributed by atoms with Crippen LogP contribution in [0.15, 0.2) is 0 Å². The fraction of sp³-hybridized carbons (Fsp3) is 0.765. The Labute approximate surface area is 150 Å². The second kappa shape index (κ2) is 9.39. The number of H-pyrrole nitrogens is 1. The summed E-state index contributed by atoms with van der Waals surface area (Å²) in [5.41, 5.74) is 2.71. The number of carbonyl (C=O) groups is 1. The van der Waals surface area contributed by atoms with Crippen molar-refractivity contribution in [3.8, 4) is 0 Å². The summed E-state index contributed by atoms with van der Waals surface area (Å²) in [5.74, 6) is 0.845. The van der Waals surface area contributed by atoms with Gasteiger partial charge >= 0.3 is 0 Å². The Morgan fingerprint density at radius 2 is 2.12 bits per heavy atom. The molecule has 136 valence electrons. The van der Waals surface area contributed by atoms with Gasteiger partial charge in [0.2, 0.25) is 0 Å². The van der Waals surface area contributed by atoms with Gasteiger partial charge in [-0.05, 0) is 51.2 Å². The van der Waals surface area contributed by atoms with Gasteiger partial charge in [-0.25, -0.2) is 0 Å². The van der Waals surface area contributed by atoms with E-state index in [1.807, 2.05) is 0 Å². The molecule has 1 aromatic rings. The van der Waals surface area contributed by atoms with Crippen molar-refractivity contribution in [1.82, 2.24) is 25.7 Å². The number of fused-ring (bicyclic) bond motifs is 1. The maximum absolute atomic E-state index is 12.2. The second-order valence-corrected chi connectivity index (χ2v) is 6.94. The number of likely N-dealkylation sites (tertiary alicyclic amines) is 1. The van der Waals surface area contributed by atoms with E-state index in [0.29, 0.717) is 5.69 Å². The van der Waals surface area contributed by atoms with Crippen molar-refractivity contribution in [2.75, 3.05) is 32.7 Å². The van der Waals surface area contributed by atoms with Gasteiger partial charge < -0.3 is 15.5 Å². The van der Waals surface area contributed by atoms with Gasteiger partial charge in [-0.1, -0.05) is 6.92 Å². The predicted molar refractivity (Wildman–Crippen MR) is 97.7 cm³/mol. The summed E-state index contributed by atoms with van der Waals surface area (Å²) in [6, 6.07) is 0. The molecular weight excluding hydrogens is 326 g/mol. The van der Waals surface area contributed by atoms with Gasteiger partial charge in [-0.15, -0.1) is 12.4 Å². The van der Waals surface area contributed by atoms with Crippen molar-refractivity contribution >= 4 is 18.3 Å². The molecule has 2 aliphatic rings. The molecule has 1 amide bonds. The van der Waals surface area contributed by atoms with E-state index in [1.165, 1.54) is 25.9 Å². The molecule has 3 N–H and O–H groups in total. The zero-order chi connectivity index (χ0) is 16.1. The maximum Gasteiger partial charge on any atom is 0.272 e. The van der Waals surface area contributed by atoms with Crippen LogP contribution >= 0.6 is 12.4 Å². The topological polar surface area (TPSA) is 73.0 Å². The molecule has 0 unspecified atom stereocenters. The Hall–Kier alpha value is -1.11. The molecule has 0 atom stereocenters. The number of nitrogens with one attached hydrogen (secondary N) is 3. The number of aromatic amines is 1. The first-order chi connectivity index (χ1) is 11.2. The zero-order valence-corrected chi connectivity index (χ0v) is 15.4. The Kier molecular flexibility index (Phi) is 7.52. The Morgan fingerprint density at radius 3 is 2.92 bits per heavy atom. The molecule has 7 heteroatoms. The third-order valence-electron chi connectivity index (χ3n) is 5.08. The van der Waals surface area contributed by atoms with Gasteiger partial charge in [0.1, 0.15) is 0 Å². The van der Waals surface area contributed by atoms with Crippen LogP contribution in [0.5, 0.6) is 0 Å². The zero-order valence-electron chi connectivity index (χ0n) is 14.6. The lowest BCUT2D eigenvalue weighted by Gasteiger charge is -2.30. The van der Waals surface area contributed by atoms with Crippen molar-refractivity contribution in [2.45, 2.75) is 45.6 Å². The largest absolute Gasteiger partial charge is 0.351 e. The van der Waals surface area contributed by atoms with Crippen LogP contribution in [0.1, 0.15) is 54.4 Å². The highest BCUT2D eigenvalue weighted by molar-refractivity contribution is 5.94. The van der Waals surface area contributed by atoms with Crippen molar-refractivity contribution in [3.05, 3.63) is 17.0 Å². The van der Waals surface area contributed by atoms with E-state index in [2.05, 4.69) is 32.7 Å². The molecule has 24 heavy (non-hydrogen) atoms. The minimum Gasteiger partial charge on any atom is -0.351 e. The number of rotatable bonds is 6. The van der Waals surface area contributed by atoms with Crippen LogP contribution in [-0.4, -0.2) is 53.7 Å². The summed E-state index contributed by atoms with van der Waals surface area (Å²) in [4.78, 5) is 14.8. The van der Waals surface area contributed by atoms with Crippen molar-refractivity contribution < 1.29 is 4.79 Å². The Bertz CT molecular complexity index is 525. The molecule has 6 nitrogen and oxygen atoms in total. The fourth-order valence-electron chi connectivity index (χ4n) is 3.44. The fourth-order valence-corrected chi connectivity index (χ4v) is 3.44. The van der Waals surface area contributed by atoms with E-state index in [4.69, 9.17) is 0 Å². The van der Waals surface area contributed by atoms with Crippen molar-refractivity contribution in [2.24, 2.45) is 5.92 Å². The third kappa shape index (κ3) is 4.94. The van der Waals surface area contributed by atoms with Crippen LogP contribution in [0, 0.1) is 5.92 Å². The first kappa shape index (κ1) is 19.2. The molecule has 0 saturated carbocycles. The van der Waals surface area contributed by atoms with Gasteiger partial charge in [0, 0.05) is 37.3 Å². The number of piperidine rings is 1. The first-order valence-electron chi connectivity index (χ1n) is 9.01. The summed E-state index contributed by atoms with van der Waals surface area (Å²) >= 11 is 0. The minimum absolute atomic E-state index is 0. The molecular formula is C17H30ClN5O. The minimum atomic E-state index is -0.0435. The van der Waals surface area contributed by atoms with Crippen LogP contribution < -0.4 is 10.6 Å². The number of carbonyl (C=O) groups excluding carboxylic acids is 1. The number of aromatic nitrogens is 2. The molecule has 3 heterocycles. The smallest absolute Gasteiger partial charge is 0.272 e. The molecule has 0 bridgehead atoms. The summed E-state index contributed by atoms with van der Waals surface area (Å²) in [6.45, 7) is 8.39. The van der Waals surface area contributed by atoms with Gasteiger partial charge in [0.25, 0.3) is 5.91 Å². The van der Waals surface area contributed by atoms with Crippen LogP contribution in [0.3, 0.4) is 0 Å². The summed E-state index contributed by atoms with van der Waals surface area (Å²) in [7, 11) is 0. The summed E-state index contributed by atoms with van der Waals surface area (Å²) in [5, 5.41) is 13.5. The van der Waals surface area contributed by atoms with Gasteiger partial charge in [-0.3, -0.25) is 9.89 Å². The maximum atomic E-state index is 12.2. The predicted octanol–water partition coefficient (Wildman–Crippen LogP) is 1.72. The molecule has 0 radical (unpaired) electrons. The highest BCUT2D eigenvalue weighted by atomic mass is 35.5. The molecule has 2 aliphatic heterocycles. The molecule has 1 fully saturated rings. The van der Waals surface area contributed by atoms with Crippen LogP contribution in [0.25, 0.3) is 0 Å². The summed E-state index contributed by atoms with van der Waals surface area (Å²) in [6.07, 6.45) is 5.76. The monoisotopic (exact) mass is 355 g/mol. The molecule has 1 aromatic heterocycles. The normalized spacial score (nSPS) is 18.7. The van der Waals surface area contributed by atoms with E-state index in [1.54, 1.807) is 0 Å². The van der Waals surface area contributed by atoms with Gasteiger partial charge in [0.15, 0.2) is 5.69 Å². The third-order valence-corrected chi connectivity index (χ3v) is 5.08. The van der Waals surface area contributed by atoms with Gasteiger partial charge in [-0.2, -0.15) is 5.10 Å². The molecule has 3 rings (SSSR count). The second-order valence-electron chi connectivity index (χ2n) is 6.94. The Balaban J connectivity index is 0.00000208. The number of hydrogen-bond acceptors (Lipinski definition) is 4. The van der Waals surface area contributed by atoms with E-state index in [-0.39, 0.29) is 18.3 Å². The number of unbranched alkanes of at least 4 members (excludes halogenated alkanes) is 1. The number of nitrogens with zero attached hydrogens (tertiary/aromatic N) is 2. The lowest BCUT2D eigenvalue weighted by Crippen LogP contribution is -2.34. The molecule has 1 saturated heterocycles. The highest BCUT2D eigenvalue weighted by Crippen LogP contribution is 2.16. The van der Waals surface area contributed by atoms with E-state index in [0.717, 1.165) is 62.6 Å². The quantitative estimate of drug-likeness (QED) is 0.679. The lowest BCUT2D eigenvalue weighted by atomic mass is 9.99. The first-order valence-corrected chi connectivity index (χ1v) is 9.01. The molecule has 0 spiro atoms. The van der Waals surface area contributed by atoms with Crippen molar-refractivity contribution in [3.63, 3.8) is 0 Å². The van der Waals surface area contributed by atoms with E-state index < -0.39 is 0 Å². The Morgan fingerprint density at radius 1 is 1.33 bits per heavy atom. The highest BCUT2D eigenvalue weighted by Gasteiger charge is 2.21. The van der Waals surface area contributed by atoms with E-state index in [9.17, 15) is 4.79 Å². The van der Waals surface area contributed by atoms with Crippen LogP contribution in [0.4, 0.5) is 0 Å². The number of amides is 1. The number of hydrogen-bond donors (Lipinski definition) is 3. The SMILES string of the molecule is CC1CCN(CCCCNC(=O)c2n[nH]c3c2CNCC3)CC1.Cl. The van der Waals surface area contributed by atoms with E-state index >= 15 is 0 Å². The molecule has 0 aromatic carbocycles. The van der Waals surface area contributed by atoms with Gasteiger partial charge in [0.05, 0.1) is 0 Å². The van der Waals surface area contributed by atoms with Crippen molar-refractivity contribution in [1.29, 1.82) is 0 Å². The van der Waals surface area contributed by atoms with Crippen LogP contribution in [0.2, 0.25) is 0 Å². The average Bonchev–Trinajstić information content (AvgIpc) is 3.00. The van der Waals surface area contributed by atoms with Crippen LogP contribution in [-0.2, 0) is 13.0 Å². The molecule has 0 aliphatic carbocycles. The standard InChI is InChI=1S/C17H29N5O.ClH/c1-13-5-10-22(11-6-13)9-3-2-7-19-17(23)16-14-12-18-8-4-15(14)20-21-16;/h13,18H,2-12H2,1H3,(H,19,23)(H,20,21);1H. The number of halogens is 1. The average molecular weight is 356 g/mol. The summed E-state index contributed by atoms with van der Waals surface area (Å²) < 4.78 is 0. The lowest BCUT2D eigenvalue weighted by molar-refractivity contribution is 0.0946.